The number of carbonyl (C=O) groups excluding carboxylic acids is 6. The molecule has 88 heavy (non-hydrogen) atoms. The van der Waals surface area contributed by atoms with Gasteiger partial charge in [-0.1, -0.05) is 68.8 Å². The molecule has 0 saturated carbocycles. The van der Waals surface area contributed by atoms with E-state index in [1.54, 1.807) is 131 Å². The molecule has 6 amide bonds. The van der Waals surface area contributed by atoms with Crippen LogP contribution in [0.25, 0.3) is 0 Å². The summed E-state index contributed by atoms with van der Waals surface area (Å²) in [6.07, 6.45) is 12.1. The lowest BCUT2D eigenvalue weighted by Gasteiger charge is -2.17. The molecule has 3 aliphatic heterocycles. The van der Waals surface area contributed by atoms with Crippen LogP contribution in [-0.4, -0.2) is 95.8 Å². The SMILES string of the molecule is CCC(=O)N(C)c1ccc(C2=NC(C(=O)NCc3ccc(Cl)nc3)=CC2)cc1F.CCC(=O)N(C)c1ccc(C2=NC(C(=O)NCc3ccc(N)nc3)=CC2)cc1F.CCC(=O)N(C)c1ccc(C2=NC(C(=O)NCc3ccc(OC)nc3)=CC2)cc1F. The number of benzene rings is 3. The number of rotatable bonds is 19. The number of nitrogens with zero attached hydrogens (tertiary/aromatic N) is 9. The molecule has 0 fully saturated rings. The predicted molar refractivity (Wildman–Crippen MR) is 332 cm³/mol. The van der Waals surface area contributed by atoms with Gasteiger partial charge < -0.3 is 41.1 Å². The second-order valence-corrected chi connectivity index (χ2v) is 20.2. The molecule has 456 valence electrons. The van der Waals surface area contributed by atoms with E-state index in [0.29, 0.717) is 109 Å². The number of hydrogen-bond donors (Lipinski definition) is 4. The molecular weight excluding hydrogens is 1160 g/mol. The van der Waals surface area contributed by atoms with Crippen molar-refractivity contribution in [1.82, 2.24) is 30.9 Å². The molecule has 6 heterocycles. The fourth-order valence-electron chi connectivity index (χ4n) is 8.76. The van der Waals surface area contributed by atoms with E-state index in [-0.39, 0.29) is 69.6 Å². The monoisotopic (exact) mass is 1220 g/mol. The van der Waals surface area contributed by atoms with Gasteiger partial charge >= 0.3 is 0 Å². The maximum atomic E-state index is 14.5. The average molecular weight is 1220 g/mol. The minimum Gasteiger partial charge on any atom is -0.481 e. The van der Waals surface area contributed by atoms with Crippen LogP contribution in [0, 0.1) is 17.5 Å². The molecule has 0 bridgehead atoms. The lowest BCUT2D eigenvalue weighted by molar-refractivity contribution is -0.118. The molecule has 0 spiro atoms. The smallest absolute Gasteiger partial charge is 0.269 e. The summed E-state index contributed by atoms with van der Waals surface area (Å²) in [5.74, 6) is -2.09. The quantitative estimate of drug-likeness (QED) is 0.0556. The van der Waals surface area contributed by atoms with Gasteiger partial charge in [-0.2, -0.15) is 0 Å². The van der Waals surface area contributed by atoms with Crippen LogP contribution < -0.4 is 41.1 Å². The molecule has 5 N–H and O–H groups in total. The lowest BCUT2D eigenvalue weighted by Crippen LogP contribution is -2.26. The summed E-state index contributed by atoms with van der Waals surface area (Å²) in [6, 6.07) is 24.2. The zero-order valence-corrected chi connectivity index (χ0v) is 50.2. The highest BCUT2D eigenvalue weighted by Crippen LogP contribution is 2.27. The van der Waals surface area contributed by atoms with Crippen molar-refractivity contribution in [2.45, 2.75) is 78.9 Å². The number of ether oxygens (including phenoxy) is 1. The maximum Gasteiger partial charge on any atom is 0.269 e. The van der Waals surface area contributed by atoms with Gasteiger partial charge in [0.2, 0.25) is 23.6 Å². The number of methoxy groups -OCH3 is 1. The molecule has 3 aliphatic rings. The van der Waals surface area contributed by atoms with E-state index in [4.69, 9.17) is 22.1 Å². The average Bonchev–Trinajstić information content (AvgIpc) is 2.40. The number of nitrogens with two attached hydrogens (primary N) is 1. The van der Waals surface area contributed by atoms with Crippen molar-refractivity contribution < 1.29 is 46.7 Å². The van der Waals surface area contributed by atoms with Crippen LogP contribution in [0.4, 0.5) is 36.1 Å². The number of nitrogen functional groups attached to an aromatic ring is 1. The Balaban J connectivity index is 0.000000188. The molecule has 0 unspecified atom stereocenters. The predicted octanol–water partition coefficient (Wildman–Crippen LogP) is 9.20. The zero-order valence-electron chi connectivity index (χ0n) is 49.5. The van der Waals surface area contributed by atoms with Crippen molar-refractivity contribution in [3.63, 3.8) is 0 Å². The molecule has 3 aromatic carbocycles. The number of nitrogens with one attached hydrogen (secondary N) is 3. The molecule has 3 aromatic heterocycles. The van der Waals surface area contributed by atoms with E-state index in [9.17, 15) is 41.9 Å². The van der Waals surface area contributed by atoms with Gasteiger partial charge in [0.15, 0.2) is 0 Å². The molecule has 0 saturated heterocycles. The number of carbonyl (C=O) groups is 6. The fourth-order valence-corrected chi connectivity index (χ4v) is 8.88. The molecule has 0 atom stereocenters. The summed E-state index contributed by atoms with van der Waals surface area (Å²) < 4.78 is 48.5. The van der Waals surface area contributed by atoms with Crippen LogP contribution in [0.15, 0.2) is 160 Å². The van der Waals surface area contributed by atoms with Crippen LogP contribution >= 0.6 is 11.6 Å². The number of aromatic nitrogens is 3. The fraction of sp³-hybridized carbons (Fsp3) is 0.250. The highest BCUT2D eigenvalue weighted by molar-refractivity contribution is 6.29. The largest absolute Gasteiger partial charge is 0.481 e. The third-order valence-electron chi connectivity index (χ3n) is 13.9. The van der Waals surface area contributed by atoms with Crippen molar-refractivity contribution in [1.29, 1.82) is 0 Å². The maximum absolute atomic E-state index is 14.5. The van der Waals surface area contributed by atoms with E-state index in [1.807, 2.05) is 6.07 Å². The Hall–Kier alpha value is -10.2. The van der Waals surface area contributed by atoms with Gasteiger partial charge in [0.05, 0.1) is 41.3 Å². The van der Waals surface area contributed by atoms with Gasteiger partial charge in [0, 0.05) is 104 Å². The van der Waals surface area contributed by atoms with E-state index in [0.717, 1.165) is 16.7 Å². The number of aliphatic imine (C=N–C) groups is 3. The number of amides is 6. The van der Waals surface area contributed by atoms with Crippen LogP contribution in [0.2, 0.25) is 5.15 Å². The first-order chi connectivity index (χ1) is 42.2. The van der Waals surface area contributed by atoms with Crippen molar-refractivity contribution in [2.24, 2.45) is 15.0 Å². The van der Waals surface area contributed by atoms with Crippen molar-refractivity contribution >= 4 is 87.1 Å². The number of halogens is 4. The molecule has 24 heteroatoms. The highest BCUT2D eigenvalue weighted by Gasteiger charge is 2.23. The number of allylic oxidation sites excluding steroid dienone is 3. The number of anilines is 4. The van der Waals surface area contributed by atoms with E-state index < -0.39 is 17.5 Å². The van der Waals surface area contributed by atoms with Gasteiger partial charge in [0.1, 0.15) is 45.5 Å². The van der Waals surface area contributed by atoms with Crippen LogP contribution in [0.3, 0.4) is 0 Å². The molecular formula is C64H65ClF3N13O7. The van der Waals surface area contributed by atoms with Gasteiger partial charge in [-0.05, 0) is 100 Å². The topological polar surface area (TPSA) is 259 Å². The first kappa shape index (κ1) is 65.4. The van der Waals surface area contributed by atoms with Crippen LogP contribution in [-0.2, 0) is 48.4 Å². The number of hydrogen-bond acceptors (Lipinski definition) is 14. The third-order valence-corrected chi connectivity index (χ3v) is 14.1. The second kappa shape index (κ2) is 30.8. The Labute approximate surface area is 511 Å². The lowest BCUT2D eigenvalue weighted by atomic mass is 10.1. The minimum atomic E-state index is -0.511. The molecule has 9 rings (SSSR count). The molecule has 0 aliphatic carbocycles. The Kier molecular flexibility index (Phi) is 22.9. The van der Waals surface area contributed by atoms with E-state index >= 15 is 0 Å². The normalized spacial score (nSPS) is 12.9. The molecule has 6 aromatic rings. The summed E-state index contributed by atoms with van der Waals surface area (Å²) in [5, 5.41) is 8.72. The summed E-state index contributed by atoms with van der Waals surface area (Å²) in [4.78, 5) is 101. The van der Waals surface area contributed by atoms with Crippen molar-refractivity contribution in [2.75, 3.05) is 48.7 Å². The Morgan fingerprint density at radius 2 is 0.841 bits per heavy atom. The summed E-state index contributed by atoms with van der Waals surface area (Å²) in [6.45, 7) is 6.07. The number of pyridine rings is 3. The standard InChI is InChI=1S/C22H23FN4O3.C21H20ClFN4O2.C21H22FN5O2/c1-4-21(28)27(2)19-9-6-15(11-16(19)23)17-7-8-18(26-17)22(29)25-13-14-5-10-20(30-3)24-12-14;1-3-20(28)27(2)18-8-5-14(10-15(18)23)16-6-7-17(26-16)21(29)25-12-13-4-9-19(22)24-11-13;1-3-20(28)27(2)18-8-5-14(10-15(18)22)16-6-7-17(26-16)21(29)25-12-13-4-9-19(23)24-11-13/h5-6,8-12H,4,7,13H2,1-3H3,(H,25,29);4-5,7-11H,3,6,12H2,1-2H3,(H,25,29);4-5,7-11H,3,6,12H2,1-2H3,(H2,23,24)(H,25,29). The van der Waals surface area contributed by atoms with Gasteiger partial charge in [-0.25, -0.2) is 43.1 Å². The van der Waals surface area contributed by atoms with Gasteiger partial charge in [0.25, 0.3) is 17.7 Å². The highest BCUT2D eigenvalue weighted by atomic mass is 35.5. The first-order valence-corrected chi connectivity index (χ1v) is 28.2. The zero-order chi connectivity index (χ0) is 63.6. The van der Waals surface area contributed by atoms with Crippen LogP contribution in [0.1, 0.15) is 92.7 Å². The van der Waals surface area contributed by atoms with Crippen LogP contribution in [0.5, 0.6) is 5.88 Å². The van der Waals surface area contributed by atoms with Gasteiger partial charge in [-0.3, -0.25) is 28.8 Å². The molecule has 20 nitrogen and oxygen atoms in total. The summed E-state index contributed by atoms with van der Waals surface area (Å²) in [5.41, 5.74) is 13.0. The first-order valence-electron chi connectivity index (χ1n) is 27.9. The Morgan fingerprint density at radius 3 is 1.12 bits per heavy atom. The van der Waals surface area contributed by atoms with Crippen molar-refractivity contribution in [3.8, 4) is 5.88 Å². The van der Waals surface area contributed by atoms with E-state index in [2.05, 4.69) is 45.9 Å². The van der Waals surface area contributed by atoms with Crippen molar-refractivity contribution in [3.05, 3.63) is 201 Å². The second-order valence-electron chi connectivity index (χ2n) is 19.8. The summed E-state index contributed by atoms with van der Waals surface area (Å²) >= 11 is 5.74. The Bertz CT molecular complexity index is 3630. The third kappa shape index (κ3) is 17.3. The summed E-state index contributed by atoms with van der Waals surface area (Å²) in [7, 11) is 6.16. The molecule has 0 radical (unpaired) electrons. The van der Waals surface area contributed by atoms with E-state index in [1.165, 1.54) is 54.1 Å². The Morgan fingerprint density at radius 1 is 0.500 bits per heavy atom. The minimum absolute atomic E-state index is 0.174. The van der Waals surface area contributed by atoms with Gasteiger partial charge in [-0.15, -0.1) is 0 Å².